The van der Waals surface area contributed by atoms with Crippen molar-refractivity contribution >= 4 is 15.9 Å². The van der Waals surface area contributed by atoms with Crippen molar-refractivity contribution in [3.05, 3.63) is 63.9 Å². The lowest BCUT2D eigenvalue weighted by molar-refractivity contribution is 0.223. The summed E-state index contributed by atoms with van der Waals surface area (Å²) in [5.41, 5.74) is 1.64. The van der Waals surface area contributed by atoms with Crippen LogP contribution >= 0.6 is 15.9 Å². The molecule has 0 amide bonds. The Hall–Kier alpha value is -1.39. The van der Waals surface area contributed by atoms with Crippen LogP contribution in [0.1, 0.15) is 11.1 Å². The lowest BCUT2D eigenvalue weighted by Gasteiger charge is -2.16. The summed E-state index contributed by atoms with van der Waals surface area (Å²) in [6.45, 7) is 0.00749. The van der Waals surface area contributed by atoms with Crippen LogP contribution in [0.2, 0.25) is 0 Å². The van der Waals surface area contributed by atoms with Crippen LogP contribution in [0.4, 0.5) is 4.39 Å². The van der Waals surface area contributed by atoms with Crippen molar-refractivity contribution in [3.63, 3.8) is 0 Å². The third-order valence-corrected chi connectivity index (χ3v) is 3.98. The molecule has 4 heteroatoms. The van der Waals surface area contributed by atoms with E-state index in [0.29, 0.717) is 22.9 Å². The lowest BCUT2D eigenvalue weighted by atomic mass is 9.92. The fraction of sp³-hybridized carbons (Fsp3) is 0.294. The van der Waals surface area contributed by atoms with Gasteiger partial charge in [0.1, 0.15) is 11.6 Å². The molecule has 112 valence electrons. The van der Waals surface area contributed by atoms with E-state index in [1.807, 2.05) is 30.3 Å². The normalized spacial score (nSPS) is 12.2. The maximum Gasteiger partial charge on any atom is 0.127 e. The summed E-state index contributed by atoms with van der Waals surface area (Å²) in [7, 11) is 1.63. The van der Waals surface area contributed by atoms with Crippen LogP contribution in [-0.4, -0.2) is 18.8 Å². The zero-order valence-corrected chi connectivity index (χ0v) is 13.4. The number of benzene rings is 2. The van der Waals surface area contributed by atoms with Gasteiger partial charge in [-0.25, -0.2) is 4.39 Å². The van der Waals surface area contributed by atoms with Crippen molar-refractivity contribution in [3.8, 4) is 5.75 Å². The van der Waals surface area contributed by atoms with E-state index in [1.54, 1.807) is 13.2 Å². The Balaban J connectivity index is 2.13. The van der Waals surface area contributed by atoms with Gasteiger partial charge in [0.15, 0.2) is 0 Å². The van der Waals surface area contributed by atoms with Crippen LogP contribution in [0.15, 0.2) is 46.9 Å². The molecule has 2 nitrogen and oxygen atoms in total. The fourth-order valence-corrected chi connectivity index (χ4v) is 2.72. The standard InChI is InChI=1S/C17H18BrFO2/c1-21-17-5-3-2-4-14(17)9-12(11-20)8-13-6-7-15(18)10-16(13)19/h2-7,10,12,20H,8-9,11H2,1H3. The van der Waals surface area contributed by atoms with Gasteiger partial charge in [0, 0.05) is 11.1 Å². The first kappa shape index (κ1) is 16.0. The second-order valence-electron chi connectivity index (χ2n) is 5.00. The molecule has 2 rings (SSSR count). The van der Waals surface area contributed by atoms with Gasteiger partial charge >= 0.3 is 0 Å². The van der Waals surface area contributed by atoms with Crippen LogP contribution in [-0.2, 0) is 12.8 Å². The Labute approximate surface area is 132 Å². The SMILES string of the molecule is COc1ccccc1CC(CO)Cc1ccc(Br)cc1F. The zero-order valence-electron chi connectivity index (χ0n) is 11.9. The molecule has 0 aliphatic rings. The molecule has 0 aliphatic heterocycles. The Morgan fingerprint density at radius 1 is 1.14 bits per heavy atom. The zero-order chi connectivity index (χ0) is 15.2. The van der Waals surface area contributed by atoms with E-state index in [2.05, 4.69) is 15.9 Å². The first-order chi connectivity index (χ1) is 10.1. The molecular weight excluding hydrogens is 335 g/mol. The molecular formula is C17H18BrFO2. The summed E-state index contributed by atoms with van der Waals surface area (Å²) in [5.74, 6) is 0.507. The molecule has 0 heterocycles. The predicted octanol–water partition coefficient (Wildman–Crippen LogP) is 3.99. The van der Waals surface area contributed by atoms with Gasteiger partial charge in [-0.15, -0.1) is 0 Å². The summed E-state index contributed by atoms with van der Waals surface area (Å²) in [4.78, 5) is 0. The second-order valence-corrected chi connectivity index (χ2v) is 5.92. The van der Waals surface area contributed by atoms with Crippen molar-refractivity contribution in [2.24, 2.45) is 5.92 Å². The largest absolute Gasteiger partial charge is 0.496 e. The third-order valence-electron chi connectivity index (χ3n) is 3.48. The Kier molecular flexibility index (Phi) is 5.76. The number of aliphatic hydroxyl groups is 1. The van der Waals surface area contributed by atoms with Gasteiger partial charge in [0.2, 0.25) is 0 Å². The molecule has 0 spiro atoms. The molecule has 2 aromatic carbocycles. The van der Waals surface area contributed by atoms with Gasteiger partial charge in [-0.05, 0) is 48.1 Å². The molecule has 1 unspecified atom stereocenters. The van der Waals surface area contributed by atoms with Crippen LogP contribution in [0.5, 0.6) is 5.75 Å². The number of hydrogen-bond donors (Lipinski definition) is 1. The van der Waals surface area contributed by atoms with E-state index in [-0.39, 0.29) is 18.3 Å². The van der Waals surface area contributed by atoms with Crippen molar-refractivity contribution in [2.75, 3.05) is 13.7 Å². The molecule has 0 saturated heterocycles. The number of aliphatic hydroxyl groups excluding tert-OH is 1. The molecule has 0 aliphatic carbocycles. The number of para-hydroxylation sites is 1. The maximum atomic E-state index is 13.9. The molecule has 0 saturated carbocycles. The smallest absolute Gasteiger partial charge is 0.127 e. The quantitative estimate of drug-likeness (QED) is 0.851. The topological polar surface area (TPSA) is 29.5 Å². The summed E-state index contributed by atoms with van der Waals surface area (Å²) < 4.78 is 19.9. The van der Waals surface area contributed by atoms with Crippen molar-refractivity contribution in [2.45, 2.75) is 12.8 Å². The van der Waals surface area contributed by atoms with Crippen LogP contribution in [0.3, 0.4) is 0 Å². The van der Waals surface area contributed by atoms with E-state index < -0.39 is 0 Å². The highest BCUT2D eigenvalue weighted by Gasteiger charge is 2.15. The summed E-state index contributed by atoms with van der Waals surface area (Å²) in [6.07, 6.45) is 1.14. The first-order valence-corrected chi connectivity index (χ1v) is 7.60. The number of methoxy groups -OCH3 is 1. The summed E-state index contributed by atoms with van der Waals surface area (Å²) >= 11 is 3.25. The van der Waals surface area contributed by atoms with Crippen LogP contribution in [0.25, 0.3) is 0 Å². The highest BCUT2D eigenvalue weighted by atomic mass is 79.9. The fourth-order valence-electron chi connectivity index (χ4n) is 2.38. The molecule has 1 N–H and O–H groups in total. The number of rotatable bonds is 6. The van der Waals surface area contributed by atoms with Gasteiger partial charge in [-0.3, -0.25) is 0 Å². The molecule has 21 heavy (non-hydrogen) atoms. The minimum absolute atomic E-state index is 0.00749. The minimum Gasteiger partial charge on any atom is -0.496 e. The van der Waals surface area contributed by atoms with E-state index in [4.69, 9.17) is 4.74 Å². The number of ether oxygens (including phenoxy) is 1. The summed E-state index contributed by atoms with van der Waals surface area (Å²) in [5, 5.41) is 9.59. The van der Waals surface area contributed by atoms with E-state index in [0.717, 1.165) is 11.3 Å². The van der Waals surface area contributed by atoms with Crippen molar-refractivity contribution in [1.29, 1.82) is 0 Å². The molecule has 0 fully saturated rings. The van der Waals surface area contributed by atoms with Crippen LogP contribution in [0, 0.1) is 11.7 Å². The third kappa shape index (κ3) is 4.29. The second kappa shape index (κ2) is 7.57. The maximum absolute atomic E-state index is 13.9. The van der Waals surface area contributed by atoms with E-state index in [1.165, 1.54) is 6.07 Å². The summed E-state index contributed by atoms with van der Waals surface area (Å²) in [6, 6.07) is 12.7. The molecule has 2 aromatic rings. The van der Waals surface area contributed by atoms with Crippen LogP contribution < -0.4 is 4.74 Å². The predicted molar refractivity (Wildman–Crippen MR) is 85.1 cm³/mol. The Morgan fingerprint density at radius 2 is 1.86 bits per heavy atom. The Bertz CT molecular complexity index is 601. The van der Waals surface area contributed by atoms with E-state index >= 15 is 0 Å². The monoisotopic (exact) mass is 352 g/mol. The van der Waals surface area contributed by atoms with Gasteiger partial charge in [-0.1, -0.05) is 40.2 Å². The molecule has 0 bridgehead atoms. The van der Waals surface area contributed by atoms with Gasteiger partial charge in [-0.2, -0.15) is 0 Å². The van der Waals surface area contributed by atoms with E-state index in [9.17, 15) is 9.50 Å². The molecule has 1 atom stereocenters. The van der Waals surface area contributed by atoms with Gasteiger partial charge < -0.3 is 9.84 Å². The molecule has 0 radical (unpaired) electrons. The van der Waals surface area contributed by atoms with Crippen molar-refractivity contribution < 1.29 is 14.2 Å². The lowest BCUT2D eigenvalue weighted by Crippen LogP contribution is -2.14. The highest BCUT2D eigenvalue weighted by Crippen LogP contribution is 2.24. The Morgan fingerprint density at radius 3 is 2.52 bits per heavy atom. The highest BCUT2D eigenvalue weighted by molar-refractivity contribution is 9.10. The van der Waals surface area contributed by atoms with Crippen molar-refractivity contribution in [1.82, 2.24) is 0 Å². The molecule has 0 aromatic heterocycles. The number of hydrogen-bond acceptors (Lipinski definition) is 2. The van der Waals surface area contributed by atoms with Gasteiger partial charge in [0.25, 0.3) is 0 Å². The van der Waals surface area contributed by atoms with Gasteiger partial charge in [0.05, 0.1) is 7.11 Å². The average molecular weight is 353 g/mol. The average Bonchev–Trinajstić information content (AvgIpc) is 2.49. The first-order valence-electron chi connectivity index (χ1n) is 6.80. The number of halogens is 2. The minimum atomic E-state index is -0.247.